The Kier molecular flexibility index (Phi) is 27.1. The zero-order valence-electron chi connectivity index (χ0n) is 79.3. The standard InChI is InChI=1S/C18H22N2O2.2C17H18N2O4.3C17H20N2O3/c1-11-5-8-15(16(21)19-11)20-10-12-6-7-13(18(2,3)4)9-14(12)17(20)22;1-17(2,3)9-4-5-10-11(8-9)16(23)19(15(10)22)12-6-7-13(20)18-14(12)21;1-17(2,3)10-6-4-5-9-13(10)16(23)19(15(9)22)11-7-8-12(20)18-14(11)21;1-17(2,3)11-4-5-12-10(8-11)9-19(16(12)22)13-6-7-14(20)18-15(13)21;1-17(2,3)12-6-4-5-10-11(12)9-19(16(10)22)13-7-8-14(20)18-15(13)21;1-17(2,3)11-6-4-5-10-9-19(16(22)14(10)11)12-7-8-13(20)18-15(12)21/h6-7,9,15H,1,5,8,10H2,2-4H3,(H,19,21);4-5,8,12H,6-7H2,1-3H3,(H,18,20,21);4-6,11H,7-8H2,1-3H3,(H,18,20,21);4-5,8,13H,6-7,9H2,1-3H3,(H,18,20,21);4-6,13H,7-9H2,1-3H3,(H,18,20,21);4-6,12H,7-9H2,1-3H3,(H,18,20,21). The van der Waals surface area contributed by atoms with Crippen molar-refractivity contribution >= 4 is 112 Å². The number of carbonyl (C=O) groups is 19. The number of imide groups is 7. The van der Waals surface area contributed by atoms with E-state index in [1.807, 2.05) is 114 Å². The summed E-state index contributed by atoms with van der Waals surface area (Å²) in [6.45, 7) is 42.9. The second kappa shape index (κ2) is 37.1. The number of fused-ring (bicyclic) bond motifs is 6. The molecule has 12 heterocycles. The van der Waals surface area contributed by atoms with Gasteiger partial charge in [-0.25, -0.2) is 0 Å². The first-order valence-electron chi connectivity index (χ1n) is 45.5. The number of piperidine rings is 6. The number of hydrogen-bond donors (Lipinski definition) is 6. The Morgan fingerprint density at radius 2 is 0.582 bits per heavy atom. The maximum atomic E-state index is 12.9. The Morgan fingerprint density at radius 3 is 1.03 bits per heavy atom. The molecule has 12 aliphatic rings. The lowest BCUT2D eigenvalue weighted by molar-refractivity contribution is -0.138. The molecule has 0 aromatic heterocycles. The molecule has 6 saturated heterocycles. The number of hydrogen-bond acceptors (Lipinski definition) is 19. The van der Waals surface area contributed by atoms with Crippen LogP contribution >= 0.6 is 0 Å². The third-order valence-corrected chi connectivity index (χ3v) is 26.2. The summed E-state index contributed by atoms with van der Waals surface area (Å²) < 4.78 is 0. The van der Waals surface area contributed by atoms with Crippen molar-refractivity contribution < 1.29 is 91.1 Å². The fourth-order valence-electron chi connectivity index (χ4n) is 18.7. The molecule has 0 spiro atoms. The van der Waals surface area contributed by atoms with Crippen LogP contribution in [0.15, 0.2) is 121 Å². The van der Waals surface area contributed by atoms with E-state index < -0.39 is 65.7 Å². The molecule has 6 aromatic carbocycles. The maximum absolute atomic E-state index is 12.9. The van der Waals surface area contributed by atoms with E-state index in [1.165, 1.54) is 5.56 Å². The summed E-state index contributed by atoms with van der Waals surface area (Å²) in [6, 6.07) is 30.1. The van der Waals surface area contributed by atoms with Crippen LogP contribution in [0.25, 0.3) is 0 Å². The molecule has 0 radical (unpaired) electrons. The summed E-state index contributed by atoms with van der Waals surface area (Å²) in [4.78, 5) is 239. The monoisotopic (exact) mass is 1830 g/mol. The van der Waals surface area contributed by atoms with E-state index in [0.717, 1.165) is 83.1 Å². The molecule has 6 atom stereocenters. The van der Waals surface area contributed by atoms with Crippen LogP contribution in [-0.2, 0) is 111 Å². The van der Waals surface area contributed by atoms with Gasteiger partial charge >= 0.3 is 0 Å². The zero-order valence-corrected chi connectivity index (χ0v) is 79.3. The van der Waals surface area contributed by atoms with Gasteiger partial charge in [0.2, 0.25) is 65.0 Å². The summed E-state index contributed by atoms with van der Waals surface area (Å²) in [6.07, 6.45) is 3.99. The Hall–Kier alpha value is -13.6. The third kappa shape index (κ3) is 20.0. The quantitative estimate of drug-likeness (QED) is 0.0844. The highest BCUT2D eigenvalue weighted by atomic mass is 16.2. The molecular formula is C103H118N12O19. The Labute approximate surface area is 778 Å². The maximum Gasteiger partial charge on any atom is 0.262 e. The summed E-state index contributed by atoms with van der Waals surface area (Å²) in [5.74, 6) is -6.17. The fraction of sp³-hybridized carbons (Fsp3) is 0.447. The van der Waals surface area contributed by atoms with E-state index >= 15 is 0 Å². The Bertz CT molecular complexity index is 5970. The van der Waals surface area contributed by atoms with Gasteiger partial charge in [-0.1, -0.05) is 204 Å². The van der Waals surface area contributed by atoms with Crippen molar-refractivity contribution in [3.8, 4) is 0 Å². The second-order valence-electron chi connectivity index (χ2n) is 42.1. The van der Waals surface area contributed by atoms with E-state index in [1.54, 1.807) is 43.9 Å². The van der Waals surface area contributed by atoms with Gasteiger partial charge in [0.25, 0.3) is 47.3 Å². The van der Waals surface area contributed by atoms with Gasteiger partial charge in [0, 0.05) is 86.2 Å². The number of rotatable bonds is 6. The van der Waals surface area contributed by atoms with Crippen molar-refractivity contribution in [2.75, 3.05) is 0 Å². The van der Waals surface area contributed by atoms with Gasteiger partial charge < -0.3 is 24.9 Å². The first kappa shape index (κ1) is 97.9. The summed E-state index contributed by atoms with van der Waals surface area (Å²) in [5, 5.41) is 14.1. The minimum atomic E-state index is -0.923. The van der Waals surface area contributed by atoms with E-state index in [0.29, 0.717) is 85.2 Å². The van der Waals surface area contributed by atoms with Crippen molar-refractivity contribution in [2.45, 2.75) is 297 Å². The van der Waals surface area contributed by atoms with Crippen LogP contribution in [0.5, 0.6) is 0 Å². The average molecular weight is 1830 g/mol. The highest BCUT2D eigenvalue weighted by Crippen LogP contribution is 2.42. The van der Waals surface area contributed by atoms with Crippen LogP contribution in [0.1, 0.15) is 340 Å². The largest absolute Gasteiger partial charge is 0.329 e. The van der Waals surface area contributed by atoms with Crippen molar-refractivity contribution in [3.05, 3.63) is 222 Å². The summed E-state index contributed by atoms with van der Waals surface area (Å²) in [7, 11) is 0. The molecule has 6 fully saturated rings. The summed E-state index contributed by atoms with van der Waals surface area (Å²) in [5.41, 5.74) is 14.3. The lowest BCUT2D eigenvalue weighted by atomic mass is 9.82. The fourth-order valence-corrected chi connectivity index (χ4v) is 18.7. The van der Waals surface area contributed by atoms with Crippen LogP contribution in [0.3, 0.4) is 0 Å². The topological polar surface area (TPSA) is 416 Å². The number of amides is 19. The molecule has 0 saturated carbocycles. The molecule has 31 nitrogen and oxygen atoms in total. The first-order valence-corrected chi connectivity index (χ1v) is 45.5. The van der Waals surface area contributed by atoms with Gasteiger partial charge in [-0.3, -0.25) is 127 Å². The van der Waals surface area contributed by atoms with Gasteiger partial charge in [-0.15, -0.1) is 0 Å². The number of benzene rings is 6. The van der Waals surface area contributed by atoms with Crippen molar-refractivity contribution in [1.29, 1.82) is 0 Å². The lowest BCUT2D eigenvalue weighted by Crippen LogP contribution is -2.54. The second-order valence-corrected chi connectivity index (χ2v) is 42.1. The van der Waals surface area contributed by atoms with Crippen LogP contribution < -0.4 is 31.9 Å². The van der Waals surface area contributed by atoms with Crippen LogP contribution in [0.4, 0.5) is 0 Å². The molecule has 19 amide bonds. The van der Waals surface area contributed by atoms with E-state index in [-0.39, 0.29) is 160 Å². The minimum Gasteiger partial charge on any atom is -0.329 e. The molecule has 18 rings (SSSR count). The van der Waals surface area contributed by atoms with Crippen LogP contribution in [0, 0.1) is 0 Å². The predicted molar refractivity (Wildman–Crippen MR) is 493 cm³/mol. The molecule has 31 heteroatoms. The van der Waals surface area contributed by atoms with E-state index in [9.17, 15) is 91.1 Å². The molecule has 0 bridgehead atoms. The van der Waals surface area contributed by atoms with Gasteiger partial charge in [-0.05, 0) is 169 Å². The van der Waals surface area contributed by atoms with Gasteiger partial charge in [0.05, 0.1) is 22.3 Å². The highest BCUT2D eigenvalue weighted by molar-refractivity contribution is 6.25. The molecule has 12 aliphatic heterocycles. The highest BCUT2D eigenvalue weighted by Gasteiger charge is 2.51. The molecule has 6 N–H and O–H groups in total. The van der Waals surface area contributed by atoms with E-state index in [4.69, 9.17) is 0 Å². The molecule has 6 unspecified atom stereocenters. The Balaban J connectivity index is 0.000000136. The molecule has 6 aromatic rings. The third-order valence-electron chi connectivity index (χ3n) is 26.2. The number of nitrogens with zero attached hydrogens (tertiary/aromatic N) is 6. The number of nitrogens with one attached hydrogen (secondary N) is 6. The first-order chi connectivity index (χ1) is 62.5. The lowest BCUT2D eigenvalue weighted by Gasteiger charge is -2.30. The summed E-state index contributed by atoms with van der Waals surface area (Å²) >= 11 is 0. The van der Waals surface area contributed by atoms with Crippen molar-refractivity contribution in [3.63, 3.8) is 0 Å². The van der Waals surface area contributed by atoms with E-state index in [2.05, 4.69) is 134 Å². The molecule has 134 heavy (non-hydrogen) atoms. The zero-order chi connectivity index (χ0) is 98.2. The SMILES string of the molecule is C=C1CCC(N2Cc3ccc(C(C)(C)C)cc3C2=O)C(=O)N1.CC(C)(C)c1ccc2c(c1)C(=O)N(C1CCC(=O)NC1=O)C2=O.CC(C)(C)c1ccc2c(c1)CN(C1CCC(=O)NC1=O)C2=O.CC(C)(C)c1cccc2c1C(=O)N(C1CCC(=O)NC1=O)C2.CC(C)(C)c1cccc2c1C(=O)N(C1CCC(=O)NC1=O)C2=O.CC(C)(C)c1cccc2c1CN(C1CCC(=O)NC1=O)C2=O. The van der Waals surface area contributed by atoms with Gasteiger partial charge in [0.1, 0.15) is 36.3 Å². The van der Waals surface area contributed by atoms with Crippen LogP contribution in [0.2, 0.25) is 0 Å². The van der Waals surface area contributed by atoms with Crippen molar-refractivity contribution in [2.24, 2.45) is 0 Å². The predicted octanol–water partition coefficient (Wildman–Crippen LogP) is 10.7. The van der Waals surface area contributed by atoms with Crippen LogP contribution in [-0.4, -0.2) is 178 Å². The minimum absolute atomic E-state index is 0.00266. The smallest absolute Gasteiger partial charge is 0.262 e. The number of carbonyl (C=O) groups excluding carboxylic acids is 19. The van der Waals surface area contributed by atoms with Gasteiger partial charge in [-0.2, -0.15) is 0 Å². The van der Waals surface area contributed by atoms with Crippen molar-refractivity contribution in [1.82, 2.24) is 61.3 Å². The van der Waals surface area contributed by atoms with Gasteiger partial charge in [0.15, 0.2) is 0 Å². The molecule has 704 valence electrons. The molecule has 0 aliphatic carbocycles. The number of allylic oxidation sites excluding steroid dienone is 1. The average Bonchev–Trinajstić information content (AvgIpc) is 1.57. The Morgan fingerprint density at radius 1 is 0.254 bits per heavy atom. The normalized spacial score (nSPS) is 21.7. The molecular weight excluding hydrogens is 1710 g/mol.